The fraction of sp³-hybridized carbons (Fsp3) is 0.278. The Hall–Kier alpha value is -2.69. The van der Waals surface area contributed by atoms with E-state index in [4.69, 9.17) is 14.9 Å². The van der Waals surface area contributed by atoms with E-state index in [0.29, 0.717) is 0 Å². The molecule has 1 unspecified atom stereocenters. The third-order valence-electron chi connectivity index (χ3n) is 3.67. The number of nitrogen functional groups attached to an aromatic ring is 1. The first-order valence-corrected chi connectivity index (χ1v) is 7.72. The maximum Gasteiger partial charge on any atom is 0.119 e. The van der Waals surface area contributed by atoms with Crippen molar-refractivity contribution < 1.29 is 9.15 Å². The Morgan fingerprint density at radius 1 is 1.22 bits per heavy atom. The molecule has 1 atom stereocenters. The molecule has 0 aliphatic heterocycles. The van der Waals surface area contributed by atoms with Gasteiger partial charge in [0.2, 0.25) is 0 Å². The first-order valence-electron chi connectivity index (χ1n) is 7.72. The number of nitrogens with zero attached hydrogens (tertiary/aromatic N) is 2. The van der Waals surface area contributed by atoms with Gasteiger partial charge in [0.05, 0.1) is 12.9 Å². The van der Waals surface area contributed by atoms with Crippen molar-refractivity contribution in [1.82, 2.24) is 9.55 Å². The number of rotatable bonds is 7. The van der Waals surface area contributed by atoms with Crippen LogP contribution < -0.4 is 10.5 Å². The van der Waals surface area contributed by atoms with Crippen LogP contribution in [0.2, 0.25) is 0 Å². The standard InChI is InChI=1S/C18H21N3O2/c1-14-2-5-16(22-14)8-9-18(12-21-11-10-20-13-21)23-17-6-3-15(19)4-7-17/h2-7,10-11,13,18H,8-9,12,19H2,1H3. The highest BCUT2D eigenvalue weighted by Crippen LogP contribution is 2.18. The quantitative estimate of drug-likeness (QED) is 0.679. The normalized spacial score (nSPS) is 12.2. The van der Waals surface area contributed by atoms with Crippen molar-refractivity contribution in [2.24, 2.45) is 0 Å². The predicted molar refractivity (Wildman–Crippen MR) is 89.3 cm³/mol. The Morgan fingerprint density at radius 3 is 2.70 bits per heavy atom. The van der Waals surface area contributed by atoms with Gasteiger partial charge in [-0.1, -0.05) is 0 Å². The van der Waals surface area contributed by atoms with Gasteiger partial charge in [-0.3, -0.25) is 0 Å². The zero-order valence-electron chi connectivity index (χ0n) is 13.2. The summed E-state index contributed by atoms with van der Waals surface area (Å²) in [6.07, 6.45) is 7.24. The van der Waals surface area contributed by atoms with Crippen LogP contribution in [-0.2, 0) is 13.0 Å². The fourth-order valence-corrected chi connectivity index (χ4v) is 2.48. The lowest BCUT2D eigenvalue weighted by atomic mass is 10.1. The predicted octanol–water partition coefficient (Wildman–Crippen LogP) is 3.45. The maximum absolute atomic E-state index is 6.13. The number of benzene rings is 1. The Balaban J connectivity index is 1.66. The number of furan rings is 1. The number of nitrogens with two attached hydrogens (primary N) is 1. The Morgan fingerprint density at radius 2 is 2.04 bits per heavy atom. The summed E-state index contributed by atoms with van der Waals surface area (Å²) < 4.78 is 13.8. The van der Waals surface area contributed by atoms with Crippen LogP contribution in [0.15, 0.2) is 59.5 Å². The van der Waals surface area contributed by atoms with E-state index in [9.17, 15) is 0 Å². The summed E-state index contributed by atoms with van der Waals surface area (Å²) in [6, 6.07) is 11.5. The molecule has 0 saturated carbocycles. The Bertz CT molecular complexity index is 717. The second-order valence-corrected chi connectivity index (χ2v) is 5.62. The van der Waals surface area contributed by atoms with Crippen molar-refractivity contribution >= 4 is 5.69 Å². The molecule has 1 aromatic carbocycles. The number of ether oxygens (including phenoxy) is 1. The SMILES string of the molecule is Cc1ccc(CCC(Cn2ccnc2)Oc2ccc(N)cc2)o1. The molecule has 3 rings (SSSR count). The Kier molecular flexibility index (Phi) is 4.66. The van der Waals surface area contributed by atoms with Gasteiger partial charge >= 0.3 is 0 Å². The van der Waals surface area contributed by atoms with Crippen molar-refractivity contribution in [2.45, 2.75) is 32.4 Å². The lowest BCUT2D eigenvalue weighted by Gasteiger charge is -2.19. The highest BCUT2D eigenvalue weighted by atomic mass is 16.5. The molecule has 5 nitrogen and oxygen atoms in total. The molecule has 0 amide bonds. The first kappa shape index (κ1) is 15.2. The largest absolute Gasteiger partial charge is 0.489 e. The van der Waals surface area contributed by atoms with E-state index in [1.165, 1.54) is 0 Å². The summed E-state index contributed by atoms with van der Waals surface area (Å²) >= 11 is 0. The lowest BCUT2D eigenvalue weighted by molar-refractivity contribution is 0.168. The number of aryl methyl sites for hydroxylation is 2. The van der Waals surface area contributed by atoms with Crippen LogP contribution in [0.1, 0.15) is 17.9 Å². The smallest absolute Gasteiger partial charge is 0.119 e. The molecule has 0 aliphatic rings. The molecule has 0 saturated heterocycles. The lowest BCUT2D eigenvalue weighted by Crippen LogP contribution is -2.23. The minimum Gasteiger partial charge on any atom is -0.489 e. The number of anilines is 1. The molecule has 2 heterocycles. The average molecular weight is 311 g/mol. The van der Waals surface area contributed by atoms with Crippen molar-refractivity contribution in [3.05, 3.63) is 66.6 Å². The monoisotopic (exact) mass is 311 g/mol. The molecule has 23 heavy (non-hydrogen) atoms. The van der Waals surface area contributed by atoms with Crippen LogP contribution >= 0.6 is 0 Å². The number of hydrogen-bond donors (Lipinski definition) is 1. The summed E-state index contributed by atoms with van der Waals surface area (Å²) in [5, 5.41) is 0. The molecule has 0 radical (unpaired) electrons. The third-order valence-corrected chi connectivity index (χ3v) is 3.67. The molecular formula is C18H21N3O2. The van der Waals surface area contributed by atoms with Gasteiger partial charge in [-0.05, 0) is 49.7 Å². The van der Waals surface area contributed by atoms with Gasteiger partial charge in [-0.15, -0.1) is 0 Å². The average Bonchev–Trinajstić information content (AvgIpc) is 3.19. The number of imidazole rings is 1. The molecule has 120 valence electrons. The topological polar surface area (TPSA) is 66.2 Å². The maximum atomic E-state index is 6.13. The summed E-state index contributed by atoms with van der Waals surface area (Å²) in [7, 11) is 0. The number of aromatic nitrogens is 2. The second kappa shape index (κ2) is 7.05. The van der Waals surface area contributed by atoms with E-state index < -0.39 is 0 Å². The van der Waals surface area contributed by atoms with Crippen molar-refractivity contribution in [2.75, 3.05) is 5.73 Å². The molecule has 0 bridgehead atoms. The van der Waals surface area contributed by atoms with Crippen molar-refractivity contribution in [1.29, 1.82) is 0 Å². The zero-order valence-corrected chi connectivity index (χ0v) is 13.2. The highest BCUT2D eigenvalue weighted by Gasteiger charge is 2.13. The van der Waals surface area contributed by atoms with Crippen molar-refractivity contribution in [3.8, 4) is 5.75 Å². The summed E-state index contributed by atoms with van der Waals surface area (Å²) in [5.74, 6) is 2.74. The number of hydrogen-bond acceptors (Lipinski definition) is 4. The first-order chi connectivity index (χ1) is 11.2. The molecule has 0 aliphatic carbocycles. The molecule has 0 spiro atoms. The third kappa shape index (κ3) is 4.39. The Labute approximate surface area is 135 Å². The van der Waals surface area contributed by atoms with Crippen molar-refractivity contribution in [3.63, 3.8) is 0 Å². The van der Waals surface area contributed by atoms with Gasteiger partial charge in [0, 0.05) is 24.5 Å². The summed E-state index contributed by atoms with van der Waals surface area (Å²) in [4.78, 5) is 4.09. The second-order valence-electron chi connectivity index (χ2n) is 5.62. The van der Waals surface area contributed by atoms with Gasteiger partial charge in [0.25, 0.3) is 0 Å². The van der Waals surface area contributed by atoms with E-state index in [1.807, 2.05) is 54.1 Å². The van der Waals surface area contributed by atoms with Crippen LogP contribution in [0.3, 0.4) is 0 Å². The van der Waals surface area contributed by atoms with E-state index in [1.54, 1.807) is 12.5 Å². The van der Waals surface area contributed by atoms with Crippen LogP contribution in [-0.4, -0.2) is 15.7 Å². The highest BCUT2D eigenvalue weighted by molar-refractivity contribution is 5.41. The van der Waals surface area contributed by atoms with Crippen LogP contribution in [0.4, 0.5) is 5.69 Å². The van der Waals surface area contributed by atoms with Gasteiger partial charge in [0.15, 0.2) is 0 Å². The van der Waals surface area contributed by atoms with Gasteiger partial charge in [0.1, 0.15) is 23.4 Å². The van der Waals surface area contributed by atoms with E-state index >= 15 is 0 Å². The van der Waals surface area contributed by atoms with Crippen LogP contribution in [0.25, 0.3) is 0 Å². The van der Waals surface area contributed by atoms with Gasteiger partial charge < -0.3 is 19.5 Å². The summed E-state index contributed by atoms with van der Waals surface area (Å²) in [6.45, 7) is 2.70. The van der Waals surface area contributed by atoms with E-state index in [0.717, 1.165) is 42.3 Å². The summed E-state index contributed by atoms with van der Waals surface area (Å²) in [5.41, 5.74) is 6.45. The molecule has 0 fully saturated rings. The molecule has 5 heteroatoms. The molecular weight excluding hydrogens is 290 g/mol. The fourth-order valence-electron chi connectivity index (χ4n) is 2.48. The van der Waals surface area contributed by atoms with Gasteiger partial charge in [-0.2, -0.15) is 0 Å². The minimum atomic E-state index is 0.0261. The van der Waals surface area contributed by atoms with Gasteiger partial charge in [-0.25, -0.2) is 4.98 Å². The van der Waals surface area contributed by atoms with Crippen LogP contribution in [0, 0.1) is 6.92 Å². The van der Waals surface area contributed by atoms with Crippen LogP contribution in [0.5, 0.6) is 5.75 Å². The molecule has 2 aromatic heterocycles. The van der Waals surface area contributed by atoms with E-state index in [-0.39, 0.29) is 6.10 Å². The zero-order chi connectivity index (χ0) is 16.1. The van der Waals surface area contributed by atoms with E-state index in [2.05, 4.69) is 4.98 Å². The minimum absolute atomic E-state index is 0.0261. The molecule has 2 N–H and O–H groups in total. The molecule has 3 aromatic rings.